The van der Waals surface area contributed by atoms with Crippen LogP contribution in [0.5, 0.6) is 0 Å². The van der Waals surface area contributed by atoms with Crippen LogP contribution in [0.4, 0.5) is 5.82 Å². The van der Waals surface area contributed by atoms with Gasteiger partial charge < -0.3 is 10.4 Å². The van der Waals surface area contributed by atoms with Crippen LogP contribution in [0, 0.1) is 0 Å². The third kappa shape index (κ3) is 4.63. The van der Waals surface area contributed by atoms with E-state index in [2.05, 4.69) is 10.3 Å². The summed E-state index contributed by atoms with van der Waals surface area (Å²) in [5, 5.41) is 11.4. The number of amides is 1. The maximum atomic E-state index is 11.2. The van der Waals surface area contributed by atoms with Crippen molar-refractivity contribution >= 4 is 23.5 Å². The van der Waals surface area contributed by atoms with E-state index in [0.717, 1.165) is 17.1 Å². The van der Waals surface area contributed by atoms with Crippen LogP contribution < -0.4 is 5.32 Å². The highest BCUT2D eigenvalue weighted by Gasteiger charge is 2.01. The molecule has 0 bridgehead atoms. The minimum Gasteiger partial charge on any atom is -0.396 e. The lowest BCUT2D eigenvalue weighted by molar-refractivity contribution is -0.115. The Morgan fingerprint density at radius 1 is 1.62 bits per heavy atom. The Balaban J connectivity index is 2.53. The van der Waals surface area contributed by atoms with E-state index in [1.165, 1.54) is 0 Å². The zero-order valence-electron chi connectivity index (χ0n) is 9.27. The fourth-order valence-corrected chi connectivity index (χ4v) is 1.81. The van der Waals surface area contributed by atoms with Gasteiger partial charge in [0.05, 0.1) is 6.61 Å². The van der Waals surface area contributed by atoms with E-state index in [0.29, 0.717) is 12.2 Å². The largest absolute Gasteiger partial charge is 0.396 e. The van der Waals surface area contributed by atoms with E-state index in [4.69, 9.17) is 5.11 Å². The molecule has 1 amide bonds. The first-order valence-corrected chi connectivity index (χ1v) is 6.35. The molecule has 5 heteroatoms. The molecular formula is C11H16N2O2S. The molecule has 0 saturated carbocycles. The van der Waals surface area contributed by atoms with Crippen molar-refractivity contribution in [3.8, 4) is 0 Å². The van der Waals surface area contributed by atoms with Crippen molar-refractivity contribution in [2.75, 3.05) is 17.7 Å². The van der Waals surface area contributed by atoms with Crippen LogP contribution >= 0.6 is 11.8 Å². The predicted molar refractivity (Wildman–Crippen MR) is 66.4 cm³/mol. The molecule has 0 radical (unpaired) electrons. The number of aliphatic hydroxyl groups is 1. The van der Waals surface area contributed by atoms with Crippen molar-refractivity contribution in [3.05, 3.63) is 23.9 Å². The van der Waals surface area contributed by atoms with Gasteiger partial charge in [-0.1, -0.05) is 6.92 Å². The van der Waals surface area contributed by atoms with E-state index >= 15 is 0 Å². The van der Waals surface area contributed by atoms with Gasteiger partial charge in [0.25, 0.3) is 0 Å². The van der Waals surface area contributed by atoms with Crippen molar-refractivity contribution in [2.45, 2.75) is 19.1 Å². The molecule has 0 fully saturated rings. The minimum absolute atomic E-state index is 0.0346. The number of anilines is 1. The number of pyridine rings is 1. The van der Waals surface area contributed by atoms with Gasteiger partial charge in [-0.05, 0) is 17.7 Å². The number of aliphatic hydroxyl groups excluding tert-OH is 1. The average Bonchev–Trinajstić information content (AvgIpc) is 2.30. The number of nitrogens with one attached hydrogen (secondary N) is 1. The molecular weight excluding hydrogens is 224 g/mol. The zero-order valence-corrected chi connectivity index (χ0v) is 10.1. The highest BCUT2D eigenvalue weighted by molar-refractivity contribution is 7.98. The van der Waals surface area contributed by atoms with Gasteiger partial charge in [0.15, 0.2) is 0 Å². The van der Waals surface area contributed by atoms with Crippen molar-refractivity contribution < 1.29 is 9.90 Å². The van der Waals surface area contributed by atoms with Crippen molar-refractivity contribution in [1.29, 1.82) is 0 Å². The molecule has 0 aromatic carbocycles. The summed E-state index contributed by atoms with van der Waals surface area (Å²) >= 11 is 1.65. The molecule has 88 valence electrons. The van der Waals surface area contributed by atoms with E-state index < -0.39 is 0 Å². The second kappa shape index (κ2) is 7.24. The molecule has 0 aliphatic heterocycles. The third-order valence-electron chi connectivity index (χ3n) is 1.92. The van der Waals surface area contributed by atoms with Gasteiger partial charge in [-0.15, -0.1) is 0 Å². The van der Waals surface area contributed by atoms with Crippen LogP contribution in [0.3, 0.4) is 0 Å². The Hall–Kier alpha value is -1.07. The first kappa shape index (κ1) is 13.0. The highest BCUT2D eigenvalue weighted by Crippen LogP contribution is 2.14. The number of hydrogen-bond donors (Lipinski definition) is 2. The quantitative estimate of drug-likeness (QED) is 0.742. The standard InChI is InChI=1S/C11H16N2O2S/c1-2-11(15)13-10-7-9(3-4-12-10)8-16-6-5-14/h3-4,7,14H,2,5-6,8H2,1H3,(H,12,13,15). The maximum Gasteiger partial charge on any atom is 0.225 e. The minimum atomic E-state index is -0.0346. The van der Waals surface area contributed by atoms with Crippen LogP contribution in [0.2, 0.25) is 0 Å². The Labute approximate surface area is 99.5 Å². The van der Waals surface area contributed by atoms with Crippen LogP contribution in [0.1, 0.15) is 18.9 Å². The molecule has 0 aliphatic rings. The number of carbonyl (C=O) groups excluding carboxylic acids is 1. The van der Waals surface area contributed by atoms with Crippen LogP contribution in [0.15, 0.2) is 18.3 Å². The normalized spacial score (nSPS) is 10.1. The molecule has 0 aliphatic carbocycles. The van der Waals surface area contributed by atoms with E-state index in [9.17, 15) is 4.79 Å². The Morgan fingerprint density at radius 3 is 3.12 bits per heavy atom. The van der Waals surface area contributed by atoms with Gasteiger partial charge in [0.1, 0.15) is 5.82 Å². The lowest BCUT2D eigenvalue weighted by Gasteiger charge is -2.05. The maximum absolute atomic E-state index is 11.2. The summed E-state index contributed by atoms with van der Waals surface area (Å²) in [6, 6.07) is 3.77. The highest BCUT2D eigenvalue weighted by atomic mass is 32.2. The van der Waals surface area contributed by atoms with Crippen LogP contribution in [-0.2, 0) is 10.5 Å². The summed E-state index contributed by atoms with van der Waals surface area (Å²) < 4.78 is 0. The van der Waals surface area contributed by atoms with Crippen molar-refractivity contribution in [3.63, 3.8) is 0 Å². The average molecular weight is 240 g/mol. The SMILES string of the molecule is CCC(=O)Nc1cc(CSCCO)ccn1. The molecule has 0 unspecified atom stereocenters. The lowest BCUT2D eigenvalue weighted by Crippen LogP contribution is -2.10. The molecule has 0 saturated heterocycles. The number of nitrogens with zero attached hydrogens (tertiary/aromatic N) is 1. The van der Waals surface area contributed by atoms with Crippen molar-refractivity contribution in [1.82, 2.24) is 4.98 Å². The molecule has 2 N–H and O–H groups in total. The molecule has 1 aromatic heterocycles. The number of thioether (sulfide) groups is 1. The van der Waals surface area contributed by atoms with Crippen LogP contribution in [-0.4, -0.2) is 28.4 Å². The van der Waals surface area contributed by atoms with E-state index in [1.54, 1.807) is 24.9 Å². The monoisotopic (exact) mass is 240 g/mol. The van der Waals surface area contributed by atoms with Gasteiger partial charge >= 0.3 is 0 Å². The third-order valence-corrected chi connectivity index (χ3v) is 2.93. The zero-order chi connectivity index (χ0) is 11.8. The van der Waals surface area contributed by atoms with Gasteiger partial charge in [-0.25, -0.2) is 4.98 Å². The summed E-state index contributed by atoms with van der Waals surface area (Å²) in [4.78, 5) is 15.2. The molecule has 0 atom stereocenters. The summed E-state index contributed by atoms with van der Waals surface area (Å²) in [6.07, 6.45) is 2.13. The van der Waals surface area contributed by atoms with Gasteiger partial charge in [0.2, 0.25) is 5.91 Å². The number of aromatic nitrogens is 1. The number of rotatable bonds is 6. The first-order valence-electron chi connectivity index (χ1n) is 5.19. The molecule has 16 heavy (non-hydrogen) atoms. The van der Waals surface area contributed by atoms with Gasteiger partial charge in [0, 0.05) is 24.1 Å². The summed E-state index contributed by atoms with van der Waals surface area (Å²) in [6.45, 7) is 1.99. The molecule has 1 rings (SSSR count). The van der Waals surface area contributed by atoms with E-state index in [-0.39, 0.29) is 12.5 Å². The van der Waals surface area contributed by atoms with Gasteiger partial charge in [-0.2, -0.15) is 11.8 Å². The molecule has 0 spiro atoms. The smallest absolute Gasteiger partial charge is 0.225 e. The van der Waals surface area contributed by atoms with Crippen molar-refractivity contribution in [2.24, 2.45) is 0 Å². The number of hydrogen-bond acceptors (Lipinski definition) is 4. The van der Waals surface area contributed by atoms with Crippen LogP contribution in [0.25, 0.3) is 0 Å². The molecule has 1 aromatic rings. The lowest BCUT2D eigenvalue weighted by atomic mass is 10.3. The Kier molecular flexibility index (Phi) is 5.88. The Morgan fingerprint density at radius 2 is 2.44 bits per heavy atom. The summed E-state index contributed by atoms with van der Waals surface area (Å²) in [7, 11) is 0. The number of carbonyl (C=O) groups is 1. The second-order valence-corrected chi connectivity index (χ2v) is 4.33. The fourth-order valence-electron chi connectivity index (χ4n) is 1.12. The topological polar surface area (TPSA) is 62.2 Å². The first-order chi connectivity index (χ1) is 7.76. The predicted octanol–water partition coefficient (Wildman–Crippen LogP) is 1.66. The Bertz CT molecular complexity index is 345. The van der Waals surface area contributed by atoms with Gasteiger partial charge in [-0.3, -0.25) is 4.79 Å². The second-order valence-electron chi connectivity index (χ2n) is 3.23. The summed E-state index contributed by atoms with van der Waals surface area (Å²) in [5.74, 6) is 2.10. The molecule has 1 heterocycles. The van der Waals surface area contributed by atoms with E-state index in [1.807, 2.05) is 12.1 Å². The fraction of sp³-hybridized carbons (Fsp3) is 0.455. The molecule has 4 nitrogen and oxygen atoms in total. The summed E-state index contributed by atoms with van der Waals surface area (Å²) in [5.41, 5.74) is 1.10.